The lowest BCUT2D eigenvalue weighted by atomic mass is 10.2. The van der Waals surface area contributed by atoms with Gasteiger partial charge in [0.15, 0.2) is 5.82 Å². The average molecular weight is 406 g/mol. The monoisotopic (exact) mass is 406 g/mol. The maximum Gasteiger partial charge on any atom is 0.336 e. The summed E-state index contributed by atoms with van der Waals surface area (Å²) in [6, 6.07) is 18.3. The molecule has 0 atom stereocenters. The summed E-state index contributed by atoms with van der Waals surface area (Å²) in [6.45, 7) is 0. The number of anilines is 1. The molecular weight excluding hydrogens is 390 g/mol. The zero-order valence-corrected chi connectivity index (χ0v) is 15.8. The molecule has 4 aromatic rings. The van der Waals surface area contributed by atoms with Crippen molar-refractivity contribution >= 4 is 11.6 Å². The van der Waals surface area contributed by atoms with E-state index in [1.165, 1.54) is 48.2 Å². The Balaban J connectivity index is 1.60. The number of carbonyl (C=O) groups is 1. The van der Waals surface area contributed by atoms with E-state index < -0.39 is 5.82 Å². The van der Waals surface area contributed by atoms with Gasteiger partial charge >= 0.3 is 6.01 Å². The van der Waals surface area contributed by atoms with Gasteiger partial charge in [0, 0.05) is 16.8 Å². The number of halogens is 2. The highest BCUT2D eigenvalue weighted by molar-refractivity contribution is 6.04. The van der Waals surface area contributed by atoms with Gasteiger partial charge in [-0.05, 0) is 60.7 Å². The van der Waals surface area contributed by atoms with Gasteiger partial charge in [-0.3, -0.25) is 4.79 Å². The van der Waals surface area contributed by atoms with Crippen molar-refractivity contribution in [3.8, 4) is 23.1 Å². The van der Waals surface area contributed by atoms with Crippen LogP contribution in [0.4, 0.5) is 14.5 Å². The van der Waals surface area contributed by atoms with Crippen LogP contribution in [-0.2, 0) is 0 Å². The first-order valence-electron chi connectivity index (χ1n) is 8.98. The molecule has 0 spiro atoms. The van der Waals surface area contributed by atoms with E-state index in [1.54, 1.807) is 36.4 Å². The molecule has 1 aromatic heterocycles. The number of rotatable bonds is 5. The van der Waals surface area contributed by atoms with Gasteiger partial charge in [0.05, 0.1) is 12.8 Å². The van der Waals surface area contributed by atoms with Crippen molar-refractivity contribution in [1.29, 1.82) is 0 Å². The Kier molecular flexibility index (Phi) is 5.21. The fraction of sp³-hybridized carbons (Fsp3) is 0.0455. The summed E-state index contributed by atoms with van der Waals surface area (Å²) in [4.78, 5) is 16.6. The fourth-order valence-electron chi connectivity index (χ4n) is 2.86. The van der Waals surface area contributed by atoms with Crippen LogP contribution in [-0.4, -0.2) is 27.8 Å². The molecule has 0 radical (unpaired) electrons. The highest BCUT2D eigenvalue weighted by atomic mass is 19.1. The van der Waals surface area contributed by atoms with Gasteiger partial charge < -0.3 is 10.1 Å². The molecule has 1 heterocycles. The Bertz CT molecular complexity index is 1190. The molecule has 6 nitrogen and oxygen atoms in total. The summed E-state index contributed by atoms with van der Waals surface area (Å²) in [5.74, 6) is -0.742. The minimum absolute atomic E-state index is 0.142. The molecule has 0 unspecified atom stereocenters. The third-order valence-electron chi connectivity index (χ3n) is 4.33. The lowest BCUT2D eigenvalue weighted by Crippen LogP contribution is -2.11. The average Bonchev–Trinajstić information content (AvgIpc) is 3.19. The number of nitrogens with one attached hydrogen (secondary N) is 1. The van der Waals surface area contributed by atoms with E-state index in [0.717, 1.165) is 0 Å². The van der Waals surface area contributed by atoms with Crippen LogP contribution < -0.4 is 10.1 Å². The molecular formula is C22H16F2N4O2. The van der Waals surface area contributed by atoms with Gasteiger partial charge in [0.25, 0.3) is 5.91 Å². The van der Waals surface area contributed by atoms with Crippen molar-refractivity contribution in [3.63, 3.8) is 0 Å². The Labute approximate surface area is 170 Å². The number of methoxy groups -OCH3 is 1. The number of amides is 1. The van der Waals surface area contributed by atoms with E-state index in [4.69, 9.17) is 4.74 Å². The van der Waals surface area contributed by atoms with Gasteiger partial charge in [-0.15, -0.1) is 5.10 Å². The van der Waals surface area contributed by atoms with E-state index in [-0.39, 0.29) is 17.7 Å². The van der Waals surface area contributed by atoms with Gasteiger partial charge in [0.2, 0.25) is 0 Å². The van der Waals surface area contributed by atoms with Crippen LogP contribution in [0.3, 0.4) is 0 Å². The standard InChI is InChI=1S/C22H16F2N4O2/c1-30-22-26-20(15-3-2-4-17(24)13-15)28(27-22)19-11-9-18(10-12-19)25-21(29)14-5-7-16(23)8-6-14/h2-13H,1H3,(H,25,29). The van der Waals surface area contributed by atoms with Crippen molar-refractivity contribution in [3.05, 3.63) is 90.0 Å². The van der Waals surface area contributed by atoms with Crippen molar-refractivity contribution in [2.45, 2.75) is 0 Å². The first-order valence-corrected chi connectivity index (χ1v) is 8.98. The Morgan fingerprint density at radius 3 is 2.37 bits per heavy atom. The summed E-state index contributed by atoms with van der Waals surface area (Å²) < 4.78 is 33.3. The van der Waals surface area contributed by atoms with Crippen LogP contribution in [0, 0.1) is 11.6 Å². The molecule has 0 aliphatic rings. The lowest BCUT2D eigenvalue weighted by molar-refractivity contribution is 0.102. The van der Waals surface area contributed by atoms with Crippen molar-refractivity contribution < 1.29 is 18.3 Å². The van der Waals surface area contributed by atoms with Gasteiger partial charge in [0.1, 0.15) is 11.6 Å². The van der Waals surface area contributed by atoms with Gasteiger partial charge in [-0.1, -0.05) is 12.1 Å². The Morgan fingerprint density at radius 2 is 1.70 bits per heavy atom. The van der Waals surface area contributed by atoms with Gasteiger partial charge in [-0.2, -0.15) is 4.98 Å². The normalized spacial score (nSPS) is 10.6. The topological polar surface area (TPSA) is 69.0 Å². The second-order valence-corrected chi connectivity index (χ2v) is 6.35. The quantitative estimate of drug-likeness (QED) is 0.531. The highest BCUT2D eigenvalue weighted by Crippen LogP contribution is 2.25. The molecule has 1 amide bonds. The second-order valence-electron chi connectivity index (χ2n) is 6.35. The van der Waals surface area contributed by atoms with E-state index in [2.05, 4.69) is 15.4 Å². The van der Waals surface area contributed by atoms with Crippen LogP contribution in [0.15, 0.2) is 72.8 Å². The van der Waals surface area contributed by atoms with Crippen LogP contribution in [0.2, 0.25) is 0 Å². The molecule has 0 fully saturated rings. The molecule has 0 aliphatic heterocycles. The van der Waals surface area contributed by atoms with Crippen LogP contribution in [0.1, 0.15) is 10.4 Å². The molecule has 0 saturated carbocycles. The summed E-state index contributed by atoms with van der Waals surface area (Å²) >= 11 is 0. The summed E-state index contributed by atoms with van der Waals surface area (Å²) in [5, 5.41) is 7.03. The largest absolute Gasteiger partial charge is 0.466 e. The molecule has 30 heavy (non-hydrogen) atoms. The Hall–Kier alpha value is -4.07. The van der Waals surface area contributed by atoms with Gasteiger partial charge in [-0.25, -0.2) is 13.5 Å². The van der Waals surface area contributed by atoms with Crippen LogP contribution in [0.25, 0.3) is 17.1 Å². The molecule has 8 heteroatoms. The number of carbonyl (C=O) groups excluding carboxylic acids is 1. The third-order valence-corrected chi connectivity index (χ3v) is 4.33. The van der Waals surface area contributed by atoms with Crippen LogP contribution in [0.5, 0.6) is 6.01 Å². The molecule has 0 bridgehead atoms. The molecule has 3 aromatic carbocycles. The third kappa shape index (κ3) is 4.02. The summed E-state index contributed by atoms with van der Waals surface area (Å²) in [6.07, 6.45) is 0. The summed E-state index contributed by atoms with van der Waals surface area (Å²) in [7, 11) is 1.45. The minimum Gasteiger partial charge on any atom is -0.466 e. The van der Waals surface area contributed by atoms with Crippen molar-refractivity contribution in [2.75, 3.05) is 12.4 Å². The number of ether oxygens (including phenoxy) is 1. The fourth-order valence-corrected chi connectivity index (χ4v) is 2.86. The molecule has 0 saturated heterocycles. The van der Waals surface area contributed by atoms with Crippen molar-refractivity contribution in [2.24, 2.45) is 0 Å². The number of nitrogens with zero attached hydrogens (tertiary/aromatic N) is 3. The van der Waals surface area contributed by atoms with Crippen molar-refractivity contribution in [1.82, 2.24) is 14.8 Å². The maximum atomic E-state index is 13.7. The maximum absolute atomic E-state index is 13.7. The van der Waals surface area contributed by atoms with E-state index in [0.29, 0.717) is 28.3 Å². The molecule has 0 aliphatic carbocycles. The predicted molar refractivity (Wildman–Crippen MR) is 108 cm³/mol. The second kappa shape index (κ2) is 8.12. The van der Waals surface area contributed by atoms with E-state index in [9.17, 15) is 13.6 Å². The number of aromatic nitrogens is 3. The summed E-state index contributed by atoms with van der Waals surface area (Å²) in [5.41, 5.74) is 2.08. The number of benzene rings is 3. The first kappa shape index (κ1) is 19.3. The van der Waals surface area contributed by atoms with E-state index >= 15 is 0 Å². The van der Waals surface area contributed by atoms with Crippen LogP contribution >= 0.6 is 0 Å². The lowest BCUT2D eigenvalue weighted by Gasteiger charge is -2.08. The van der Waals surface area contributed by atoms with E-state index in [1.807, 2.05) is 0 Å². The molecule has 150 valence electrons. The molecule has 4 rings (SSSR count). The number of hydrogen-bond acceptors (Lipinski definition) is 4. The molecule has 1 N–H and O–H groups in total. The highest BCUT2D eigenvalue weighted by Gasteiger charge is 2.15. The Morgan fingerprint density at radius 1 is 0.967 bits per heavy atom. The predicted octanol–water partition coefficient (Wildman–Crippen LogP) is 4.47. The SMILES string of the molecule is COc1nc(-c2cccc(F)c2)n(-c2ccc(NC(=O)c3ccc(F)cc3)cc2)n1. The number of hydrogen-bond donors (Lipinski definition) is 1. The zero-order chi connectivity index (χ0) is 21.1. The zero-order valence-electron chi connectivity index (χ0n) is 15.8. The minimum atomic E-state index is -0.409. The smallest absolute Gasteiger partial charge is 0.336 e. The first-order chi connectivity index (χ1) is 14.5.